The highest BCUT2D eigenvalue weighted by Crippen LogP contribution is 2.39. The van der Waals surface area contributed by atoms with E-state index in [0.29, 0.717) is 6.42 Å². The molecular formula is C12H25NO2. The average Bonchev–Trinajstić information content (AvgIpc) is 2.12. The molecule has 0 unspecified atom stereocenters. The van der Waals surface area contributed by atoms with Crippen LogP contribution in [0.1, 0.15) is 41.0 Å². The minimum Gasteiger partial charge on any atom is -0.389 e. The van der Waals surface area contributed by atoms with E-state index in [1.807, 2.05) is 27.7 Å². The van der Waals surface area contributed by atoms with Crippen molar-refractivity contribution in [1.82, 2.24) is 4.90 Å². The van der Waals surface area contributed by atoms with E-state index in [-0.39, 0.29) is 17.2 Å². The standard InChI is InChI=1S/C12H25NO2/c1-8-12(15,11(3,4)5)9(2)10(14)13(6)7/h9,15H,8H2,1-7H3/t9-,12+/m0/s1. The van der Waals surface area contributed by atoms with Gasteiger partial charge in [0.15, 0.2) is 0 Å². The number of carbonyl (C=O) groups excluding carboxylic acids is 1. The van der Waals surface area contributed by atoms with E-state index >= 15 is 0 Å². The molecule has 0 radical (unpaired) electrons. The molecule has 0 heterocycles. The first-order valence-corrected chi connectivity index (χ1v) is 5.51. The Morgan fingerprint density at radius 1 is 1.33 bits per heavy atom. The third-order valence-corrected chi connectivity index (χ3v) is 3.37. The number of nitrogens with zero attached hydrogens (tertiary/aromatic N) is 1. The summed E-state index contributed by atoms with van der Waals surface area (Å²) in [4.78, 5) is 13.4. The van der Waals surface area contributed by atoms with E-state index in [1.54, 1.807) is 21.0 Å². The molecule has 0 aromatic rings. The molecule has 1 N–H and O–H groups in total. The summed E-state index contributed by atoms with van der Waals surface area (Å²) >= 11 is 0. The van der Waals surface area contributed by atoms with Crippen LogP contribution in [0.4, 0.5) is 0 Å². The highest BCUT2D eigenvalue weighted by atomic mass is 16.3. The third kappa shape index (κ3) is 2.71. The molecule has 3 nitrogen and oxygen atoms in total. The Labute approximate surface area is 93.5 Å². The Balaban J connectivity index is 5.06. The molecule has 0 fully saturated rings. The molecule has 0 aromatic heterocycles. The Bertz CT molecular complexity index is 230. The maximum Gasteiger partial charge on any atom is 0.227 e. The van der Waals surface area contributed by atoms with E-state index < -0.39 is 5.60 Å². The maximum absolute atomic E-state index is 11.9. The summed E-state index contributed by atoms with van der Waals surface area (Å²) in [6, 6.07) is 0. The predicted molar refractivity (Wildman–Crippen MR) is 62.6 cm³/mol. The number of hydrogen-bond donors (Lipinski definition) is 1. The lowest BCUT2D eigenvalue weighted by molar-refractivity contribution is -0.154. The second-order valence-corrected chi connectivity index (χ2v) is 5.48. The summed E-state index contributed by atoms with van der Waals surface area (Å²) in [5.41, 5.74) is -1.25. The van der Waals surface area contributed by atoms with Crippen molar-refractivity contribution < 1.29 is 9.90 Å². The van der Waals surface area contributed by atoms with E-state index in [4.69, 9.17) is 0 Å². The molecule has 0 aliphatic carbocycles. The summed E-state index contributed by atoms with van der Waals surface area (Å²) in [6.07, 6.45) is 0.581. The van der Waals surface area contributed by atoms with Crippen molar-refractivity contribution >= 4 is 5.91 Å². The number of rotatable bonds is 3. The van der Waals surface area contributed by atoms with E-state index in [1.165, 1.54) is 4.90 Å². The molecule has 3 heteroatoms. The first-order valence-electron chi connectivity index (χ1n) is 5.51. The Hall–Kier alpha value is -0.570. The number of carbonyl (C=O) groups is 1. The zero-order valence-corrected chi connectivity index (χ0v) is 11.1. The van der Waals surface area contributed by atoms with Crippen molar-refractivity contribution in [3.8, 4) is 0 Å². The fourth-order valence-electron chi connectivity index (χ4n) is 2.08. The van der Waals surface area contributed by atoms with Crippen molar-refractivity contribution in [2.75, 3.05) is 14.1 Å². The van der Waals surface area contributed by atoms with Gasteiger partial charge >= 0.3 is 0 Å². The number of amides is 1. The van der Waals surface area contributed by atoms with Crippen molar-refractivity contribution in [1.29, 1.82) is 0 Å². The summed E-state index contributed by atoms with van der Waals surface area (Å²) in [5, 5.41) is 10.6. The second-order valence-electron chi connectivity index (χ2n) is 5.48. The fourth-order valence-corrected chi connectivity index (χ4v) is 2.08. The van der Waals surface area contributed by atoms with E-state index in [9.17, 15) is 9.90 Å². The molecule has 90 valence electrons. The zero-order valence-electron chi connectivity index (χ0n) is 11.1. The van der Waals surface area contributed by atoms with Gasteiger partial charge in [-0.15, -0.1) is 0 Å². The Kier molecular flexibility index (Phi) is 4.35. The van der Waals surface area contributed by atoms with Gasteiger partial charge in [0.05, 0.1) is 11.5 Å². The zero-order chi connectivity index (χ0) is 12.4. The molecule has 1 amide bonds. The van der Waals surface area contributed by atoms with Gasteiger partial charge in [0.2, 0.25) is 5.91 Å². The second kappa shape index (κ2) is 4.52. The van der Waals surface area contributed by atoms with Gasteiger partial charge in [0.25, 0.3) is 0 Å². The minimum absolute atomic E-state index is 0.0192. The molecule has 0 spiro atoms. The fraction of sp³-hybridized carbons (Fsp3) is 0.917. The van der Waals surface area contributed by atoms with E-state index in [2.05, 4.69) is 0 Å². The van der Waals surface area contributed by atoms with Crippen LogP contribution in [-0.4, -0.2) is 35.6 Å². The molecule has 0 bridgehead atoms. The summed E-state index contributed by atoms with van der Waals surface area (Å²) in [6.45, 7) is 9.63. The van der Waals surface area contributed by atoms with Crippen molar-refractivity contribution in [3.05, 3.63) is 0 Å². The first kappa shape index (κ1) is 14.4. The topological polar surface area (TPSA) is 40.5 Å². The highest BCUT2D eigenvalue weighted by Gasteiger charge is 2.46. The largest absolute Gasteiger partial charge is 0.389 e. The molecule has 0 aliphatic heterocycles. The summed E-state index contributed by atoms with van der Waals surface area (Å²) < 4.78 is 0. The van der Waals surface area contributed by atoms with Crippen LogP contribution in [0.2, 0.25) is 0 Å². The Morgan fingerprint density at radius 2 is 1.73 bits per heavy atom. The summed E-state index contributed by atoms with van der Waals surface area (Å²) in [7, 11) is 3.44. The number of aliphatic hydroxyl groups is 1. The molecule has 0 saturated carbocycles. The van der Waals surface area contributed by atoms with Gasteiger partial charge in [-0.25, -0.2) is 0 Å². The summed E-state index contributed by atoms with van der Waals surface area (Å²) in [5.74, 6) is -0.397. The average molecular weight is 215 g/mol. The van der Waals surface area contributed by atoms with Crippen molar-refractivity contribution in [2.45, 2.75) is 46.6 Å². The molecule has 0 rings (SSSR count). The first-order chi connectivity index (χ1) is 6.58. The van der Waals surface area contributed by atoms with Gasteiger partial charge in [0, 0.05) is 14.1 Å². The van der Waals surface area contributed by atoms with Crippen LogP contribution < -0.4 is 0 Å². The molecular weight excluding hydrogens is 190 g/mol. The normalized spacial score (nSPS) is 18.1. The smallest absolute Gasteiger partial charge is 0.227 e. The maximum atomic E-state index is 11.9. The lowest BCUT2D eigenvalue weighted by atomic mass is 9.67. The minimum atomic E-state index is -0.950. The third-order valence-electron chi connectivity index (χ3n) is 3.37. The van der Waals surface area contributed by atoms with Gasteiger partial charge in [-0.3, -0.25) is 4.79 Å². The highest BCUT2D eigenvalue weighted by molar-refractivity contribution is 5.79. The van der Waals surface area contributed by atoms with Gasteiger partial charge < -0.3 is 10.0 Å². The SMILES string of the molecule is CC[C@@](O)([C@@H](C)C(=O)N(C)C)C(C)(C)C. The molecule has 2 atom stereocenters. The predicted octanol–water partition coefficient (Wildman–Crippen LogP) is 1.90. The van der Waals surface area contributed by atoms with Gasteiger partial charge in [-0.1, -0.05) is 34.6 Å². The molecule has 15 heavy (non-hydrogen) atoms. The van der Waals surface area contributed by atoms with Crippen LogP contribution in [0.3, 0.4) is 0 Å². The molecule has 0 aliphatic rings. The van der Waals surface area contributed by atoms with E-state index in [0.717, 1.165) is 0 Å². The van der Waals surface area contributed by atoms with Crippen molar-refractivity contribution in [2.24, 2.45) is 11.3 Å². The monoisotopic (exact) mass is 215 g/mol. The quantitative estimate of drug-likeness (QED) is 0.781. The van der Waals surface area contributed by atoms with Crippen LogP contribution >= 0.6 is 0 Å². The molecule has 0 saturated heterocycles. The van der Waals surface area contributed by atoms with Crippen LogP contribution in [-0.2, 0) is 4.79 Å². The van der Waals surface area contributed by atoms with Crippen LogP contribution in [0.15, 0.2) is 0 Å². The van der Waals surface area contributed by atoms with Gasteiger partial charge in [-0.2, -0.15) is 0 Å². The Morgan fingerprint density at radius 3 is 1.93 bits per heavy atom. The van der Waals surface area contributed by atoms with Gasteiger partial charge in [-0.05, 0) is 11.8 Å². The molecule has 0 aromatic carbocycles. The van der Waals surface area contributed by atoms with Crippen LogP contribution in [0.5, 0.6) is 0 Å². The lowest BCUT2D eigenvalue weighted by Gasteiger charge is -2.44. The van der Waals surface area contributed by atoms with Crippen LogP contribution in [0.25, 0.3) is 0 Å². The number of hydrogen-bond acceptors (Lipinski definition) is 2. The van der Waals surface area contributed by atoms with Crippen molar-refractivity contribution in [3.63, 3.8) is 0 Å². The van der Waals surface area contributed by atoms with Gasteiger partial charge in [0.1, 0.15) is 0 Å². The van der Waals surface area contributed by atoms with Crippen LogP contribution in [0, 0.1) is 11.3 Å². The lowest BCUT2D eigenvalue weighted by Crippen LogP contribution is -2.52.